The molecule has 1 aromatic heterocycles. The fourth-order valence-corrected chi connectivity index (χ4v) is 2.01. The molecule has 2 atom stereocenters. The Balaban J connectivity index is 2.22. The molecule has 0 saturated heterocycles. The van der Waals surface area contributed by atoms with E-state index < -0.39 is 0 Å². The first-order chi connectivity index (χ1) is 6.18. The van der Waals surface area contributed by atoms with Gasteiger partial charge in [-0.15, -0.1) is 11.3 Å². The van der Waals surface area contributed by atoms with Crippen molar-refractivity contribution in [3.05, 3.63) is 22.4 Å². The van der Waals surface area contributed by atoms with E-state index in [4.69, 9.17) is 5.11 Å². The van der Waals surface area contributed by atoms with E-state index in [-0.39, 0.29) is 6.10 Å². The minimum atomic E-state index is -0.259. The molecule has 2 nitrogen and oxygen atoms in total. The highest BCUT2D eigenvalue weighted by Crippen LogP contribution is 2.10. The largest absolute Gasteiger partial charge is 0.392 e. The van der Waals surface area contributed by atoms with Gasteiger partial charge in [0.15, 0.2) is 0 Å². The van der Waals surface area contributed by atoms with Crippen LogP contribution in [0.5, 0.6) is 0 Å². The smallest absolute Gasteiger partial charge is 0.0636 e. The predicted molar refractivity (Wildman–Crippen MR) is 57.2 cm³/mol. The van der Waals surface area contributed by atoms with Gasteiger partial charge < -0.3 is 10.4 Å². The predicted octanol–water partition coefficient (Wildman–Crippen LogP) is 1.65. The van der Waals surface area contributed by atoms with Crippen LogP contribution in [0.1, 0.15) is 18.7 Å². The Morgan fingerprint density at radius 1 is 1.54 bits per heavy atom. The zero-order valence-corrected chi connectivity index (χ0v) is 8.97. The van der Waals surface area contributed by atoms with E-state index in [2.05, 4.69) is 29.8 Å². The SMILES string of the molecule is CC(Cc1cccs1)NC[C@H](C)O. The molecule has 0 amide bonds. The molecular formula is C10H17NOS. The molecule has 0 spiro atoms. The molecule has 1 unspecified atom stereocenters. The topological polar surface area (TPSA) is 32.3 Å². The van der Waals surface area contributed by atoms with Gasteiger partial charge >= 0.3 is 0 Å². The van der Waals surface area contributed by atoms with Gasteiger partial charge in [0.05, 0.1) is 6.10 Å². The Kier molecular flexibility index (Phi) is 4.42. The summed E-state index contributed by atoms with van der Waals surface area (Å²) in [5.41, 5.74) is 0. The van der Waals surface area contributed by atoms with Crippen molar-refractivity contribution in [1.29, 1.82) is 0 Å². The maximum Gasteiger partial charge on any atom is 0.0636 e. The zero-order valence-electron chi connectivity index (χ0n) is 8.16. The summed E-state index contributed by atoms with van der Waals surface area (Å²) in [5.74, 6) is 0. The molecule has 0 aliphatic heterocycles. The minimum Gasteiger partial charge on any atom is -0.392 e. The minimum absolute atomic E-state index is 0.259. The van der Waals surface area contributed by atoms with E-state index in [0.29, 0.717) is 12.6 Å². The van der Waals surface area contributed by atoms with Crippen LogP contribution in [0.4, 0.5) is 0 Å². The van der Waals surface area contributed by atoms with Crippen LogP contribution in [0.25, 0.3) is 0 Å². The molecule has 2 N–H and O–H groups in total. The van der Waals surface area contributed by atoms with Gasteiger partial charge in [0.2, 0.25) is 0 Å². The number of hydrogen-bond acceptors (Lipinski definition) is 3. The van der Waals surface area contributed by atoms with Gasteiger partial charge in [-0.05, 0) is 31.7 Å². The number of hydrogen-bond donors (Lipinski definition) is 2. The summed E-state index contributed by atoms with van der Waals surface area (Å²) < 4.78 is 0. The average molecular weight is 199 g/mol. The van der Waals surface area contributed by atoms with Gasteiger partial charge in [-0.1, -0.05) is 6.07 Å². The van der Waals surface area contributed by atoms with Crippen molar-refractivity contribution < 1.29 is 5.11 Å². The van der Waals surface area contributed by atoms with Gasteiger partial charge in [-0.2, -0.15) is 0 Å². The third-order valence-corrected chi connectivity index (χ3v) is 2.75. The number of aliphatic hydroxyl groups excluding tert-OH is 1. The maximum atomic E-state index is 9.07. The van der Waals surface area contributed by atoms with Crippen LogP contribution in [0, 0.1) is 0 Å². The van der Waals surface area contributed by atoms with E-state index in [1.807, 2.05) is 0 Å². The monoisotopic (exact) mass is 199 g/mol. The highest BCUT2D eigenvalue weighted by Gasteiger charge is 2.04. The summed E-state index contributed by atoms with van der Waals surface area (Å²) in [6.07, 6.45) is 0.787. The number of thiophene rings is 1. The molecule has 3 heteroatoms. The first-order valence-electron chi connectivity index (χ1n) is 4.62. The van der Waals surface area contributed by atoms with Crippen molar-refractivity contribution >= 4 is 11.3 Å². The third-order valence-electron chi connectivity index (χ3n) is 1.85. The van der Waals surface area contributed by atoms with Crippen molar-refractivity contribution in [3.63, 3.8) is 0 Å². The summed E-state index contributed by atoms with van der Waals surface area (Å²) in [7, 11) is 0. The molecule has 1 aromatic rings. The van der Waals surface area contributed by atoms with Gasteiger partial charge in [0, 0.05) is 17.5 Å². The Labute approximate surface area is 83.6 Å². The van der Waals surface area contributed by atoms with Crippen molar-refractivity contribution in [2.45, 2.75) is 32.4 Å². The normalized spacial score (nSPS) is 15.6. The summed E-state index contributed by atoms with van der Waals surface area (Å²) in [6.45, 7) is 4.61. The molecule has 13 heavy (non-hydrogen) atoms. The highest BCUT2D eigenvalue weighted by molar-refractivity contribution is 7.09. The average Bonchev–Trinajstić information content (AvgIpc) is 2.53. The van der Waals surface area contributed by atoms with E-state index in [0.717, 1.165) is 6.42 Å². The summed E-state index contributed by atoms with van der Waals surface area (Å²) in [6, 6.07) is 4.65. The van der Waals surface area contributed by atoms with Gasteiger partial charge in [0.25, 0.3) is 0 Å². The Morgan fingerprint density at radius 2 is 2.31 bits per heavy atom. The van der Waals surface area contributed by atoms with Crippen LogP contribution in [0.15, 0.2) is 17.5 Å². The van der Waals surface area contributed by atoms with Crippen molar-refractivity contribution in [1.82, 2.24) is 5.32 Å². The highest BCUT2D eigenvalue weighted by atomic mass is 32.1. The van der Waals surface area contributed by atoms with E-state index in [1.54, 1.807) is 18.3 Å². The number of nitrogens with one attached hydrogen (secondary N) is 1. The van der Waals surface area contributed by atoms with Gasteiger partial charge in [-0.3, -0.25) is 0 Å². The van der Waals surface area contributed by atoms with Crippen LogP contribution in [-0.4, -0.2) is 23.8 Å². The lowest BCUT2D eigenvalue weighted by molar-refractivity contribution is 0.187. The Morgan fingerprint density at radius 3 is 2.85 bits per heavy atom. The number of rotatable bonds is 5. The van der Waals surface area contributed by atoms with E-state index >= 15 is 0 Å². The summed E-state index contributed by atoms with van der Waals surface area (Å²) >= 11 is 1.78. The van der Waals surface area contributed by atoms with Crippen LogP contribution in [0.3, 0.4) is 0 Å². The molecule has 0 aliphatic rings. The maximum absolute atomic E-state index is 9.07. The van der Waals surface area contributed by atoms with Crippen LogP contribution in [-0.2, 0) is 6.42 Å². The molecule has 1 heterocycles. The molecule has 0 saturated carbocycles. The fraction of sp³-hybridized carbons (Fsp3) is 0.600. The van der Waals surface area contributed by atoms with E-state index in [9.17, 15) is 0 Å². The lowest BCUT2D eigenvalue weighted by Gasteiger charge is -2.13. The molecular weight excluding hydrogens is 182 g/mol. The van der Waals surface area contributed by atoms with Crippen LogP contribution >= 0.6 is 11.3 Å². The molecule has 0 bridgehead atoms. The number of aliphatic hydroxyl groups is 1. The second kappa shape index (κ2) is 5.37. The second-order valence-electron chi connectivity index (χ2n) is 3.44. The van der Waals surface area contributed by atoms with Crippen molar-refractivity contribution in [2.24, 2.45) is 0 Å². The van der Waals surface area contributed by atoms with Crippen molar-refractivity contribution in [2.75, 3.05) is 6.54 Å². The lowest BCUT2D eigenvalue weighted by atomic mass is 10.2. The second-order valence-corrected chi connectivity index (χ2v) is 4.47. The standard InChI is InChI=1S/C10H17NOS/c1-8(11-7-9(2)12)6-10-4-3-5-13-10/h3-5,8-9,11-12H,6-7H2,1-2H3/t8?,9-/m0/s1. The molecule has 1 rings (SSSR count). The Hall–Kier alpha value is -0.380. The van der Waals surface area contributed by atoms with Crippen LogP contribution in [0.2, 0.25) is 0 Å². The summed E-state index contributed by atoms with van der Waals surface area (Å²) in [5, 5.41) is 14.4. The van der Waals surface area contributed by atoms with Crippen molar-refractivity contribution in [3.8, 4) is 0 Å². The first-order valence-corrected chi connectivity index (χ1v) is 5.50. The van der Waals surface area contributed by atoms with Crippen LogP contribution < -0.4 is 5.32 Å². The van der Waals surface area contributed by atoms with Gasteiger partial charge in [-0.25, -0.2) is 0 Å². The lowest BCUT2D eigenvalue weighted by Crippen LogP contribution is -2.33. The summed E-state index contributed by atoms with van der Waals surface area (Å²) in [4.78, 5) is 1.39. The zero-order chi connectivity index (χ0) is 9.68. The van der Waals surface area contributed by atoms with Gasteiger partial charge in [0.1, 0.15) is 0 Å². The fourth-order valence-electron chi connectivity index (χ4n) is 1.17. The third kappa shape index (κ3) is 4.41. The molecule has 0 aromatic carbocycles. The Bertz CT molecular complexity index is 221. The molecule has 0 aliphatic carbocycles. The molecule has 74 valence electrons. The quantitative estimate of drug-likeness (QED) is 0.756. The molecule has 0 fully saturated rings. The first kappa shape index (κ1) is 10.7. The van der Waals surface area contributed by atoms with E-state index in [1.165, 1.54) is 4.88 Å². The molecule has 0 radical (unpaired) electrons.